The number of hydrogen-bond donors (Lipinski definition) is 2. The van der Waals surface area contributed by atoms with Crippen LogP contribution in [0.5, 0.6) is 0 Å². The minimum absolute atomic E-state index is 0.245. The van der Waals surface area contributed by atoms with Crippen molar-refractivity contribution in [2.75, 3.05) is 6.61 Å². The molecule has 70 valence electrons. The number of carboxylic acids is 1. The van der Waals surface area contributed by atoms with Crippen molar-refractivity contribution in [1.82, 2.24) is 0 Å². The highest BCUT2D eigenvalue weighted by Gasteiger charge is 2.11. The Morgan fingerprint density at radius 1 is 1.75 bits per heavy atom. The van der Waals surface area contributed by atoms with Gasteiger partial charge in [0.15, 0.2) is 0 Å². The summed E-state index contributed by atoms with van der Waals surface area (Å²) in [6.07, 6.45) is -1.44. The molecule has 0 aliphatic heterocycles. The molecule has 0 radical (unpaired) electrons. The number of aliphatic carboxylic acids is 1. The van der Waals surface area contributed by atoms with E-state index in [-0.39, 0.29) is 5.90 Å². The first-order valence-corrected chi connectivity index (χ1v) is 3.39. The van der Waals surface area contributed by atoms with Crippen molar-refractivity contribution in [3.63, 3.8) is 0 Å². The molecule has 0 aliphatic carbocycles. The van der Waals surface area contributed by atoms with E-state index in [9.17, 15) is 4.79 Å². The Kier molecular flexibility index (Phi) is 4.78. The summed E-state index contributed by atoms with van der Waals surface area (Å²) >= 11 is 0. The van der Waals surface area contributed by atoms with Crippen LogP contribution in [0.2, 0.25) is 0 Å². The fourth-order valence-electron chi connectivity index (χ4n) is 0.411. The van der Waals surface area contributed by atoms with E-state index in [4.69, 9.17) is 15.6 Å². The smallest absolute Gasteiger partial charge is 0.363 e. The van der Waals surface area contributed by atoms with Gasteiger partial charge in [0.05, 0.1) is 6.61 Å². The van der Waals surface area contributed by atoms with Crippen molar-refractivity contribution in [3.05, 3.63) is 0 Å². The van der Waals surface area contributed by atoms with Crippen molar-refractivity contribution < 1.29 is 19.5 Å². The molecule has 3 N–H and O–H groups in total. The van der Waals surface area contributed by atoms with Crippen molar-refractivity contribution >= 4 is 11.9 Å². The Bertz CT molecular complexity index is 180. The van der Waals surface area contributed by atoms with Crippen LogP contribution in [-0.2, 0) is 14.4 Å². The molecule has 0 aromatic carbocycles. The van der Waals surface area contributed by atoms with Crippen LogP contribution >= 0.6 is 0 Å². The largest absolute Gasteiger partial charge is 0.479 e. The molecule has 6 heteroatoms. The highest BCUT2D eigenvalue weighted by atomic mass is 16.7. The topological polar surface area (TPSA) is 94.1 Å². The monoisotopic (exact) mass is 176 g/mol. The van der Waals surface area contributed by atoms with Gasteiger partial charge in [0.1, 0.15) is 0 Å². The van der Waals surface area contributed by atoms with Crippen molar-refractivity contribution in [2.24, 2.45) is 10.9 Å². The second-order valence-corrected chi connectivity index (χ2v) is 1.91. The molecule has 12 heavy (non-hydrogen) atoms. The van der Waals surface area contributed by atoms with Crippen molar-refractivity contribution in [2.45, 2.75) is 20.1 Å². The molecular weight excluding hydrogens is 164 g/mol. The average Bonchev–Trinajstić information content (AvgIpc) is 2.00. The number of carboxylic acid groups (broad SMARTS) is 1. The summed E-state index contributed by atoms with van der Waals surface area (Å²) in [6.45, 7) is 3.76. The van der Waals surface area contributed by atoms with E-state index in [1.165, 1.54) is 6.92 Å². The van der Waals surface area contributed by atoms with Gasteiger partial charge in [-0.2, -0.15) is 0 Å². The molecule has 0 aliphatic rings. The van der Waals surface area contributed by atoms with Gasteiger partial charge in [-0.1, -0.05) is 5.16 Å². The predicted molar refractivity (Wildman–Crippen MR) is 41.4 cm³/mol. The van der Waals surface area contributed by atoms with Crippen LogP contribution in [-0.4, -0.2) is 29.8 Å². The quantitative estimate of drug-likeness (QED) is 0.266. The molecule has 0 fully saturated rings. The van der Waals surface area contributed by atoms with Gasteiger partial charge in [0.2, 0.25) is 5.90 Å². The lowest BCUT2D eigenvalue weighted by Gasteiger charge is -2.04. The normalized spacial score (nSPS) is 13.8. The summed E-state index contributed by atoms with van der Waals surface area (Å²) in [5, 5.41) is 11.6. The van der Waals surface area contributed by atoms with E-state index in [2.05, 4.69) is 9.99 Å². The molecule has 6 nitrogen and oxygen atoms in total. The lowest BCUT2D eigenvalue weighted by Crippen LogP contribution is -2.31. The van der Waals surface area contributed by atoms with Gasteiger partial charge in [-0.15, -0.1) is 0 Å². The summed E-state index contributed by atoms with van der Waals surface area (Å²) in [5.41, 5.74) is 4.98. The van der Waals surface area contributed by atoms with Gasteiger partial charge in [-0.05, 0) is 6.92 Å². The zero-order chi connectivity index (χ0) is 9.56. The average molecular weight is 176 g/mol. The number of oxime groups is 1. The first-order chi connectivity index (χ1) is 5.57. The number of carbonyl (C=O) groups is 1. The molecule has 0 spiro atoms. The Morgan fingerprint density at radius 3 is 2.75 bits per heavy atom. The fraction of sp³-hybridized carbons (Fsp3) is 0.667. The SMILES string of the molecule is CCO/C(C)=N/OC(N)C(=O)O. The standard InChI is InChI=1S/C6H12N2O4/c1-3-11-4(2)8-12-5(7)6(9)10/h5H,3,7H2,1-2H3,(H,9,10)/b8-4+. The zero-order valence-corrected chi connectivity index (χ0v) is 6.98. The maximum atomic E-state index is 10.1. The zero-order valence-electron chi connectivity index (χ0n) is 6.98. The van der Waals surface area contributed by atoms with Crippen LogP contribution in [0.15, 0.2) is 5.16 Å². The minimum atomic E-state index is -1.44. The van der Waals surface area contributed by atoms with Crippen molar-refractivity contribution in [1.29, 1.82) is 0 Å². The second kappa shape index (κ2) is 5.36. The fourth-order valence-corrected chi connectivity index (χ4v) is 0.411. The third kappa shape index (κ3) is 4.51. The summed E-state index contributed by atoms with van der Waals surface area (Å²) in [7, 11) is 0. The molecule has 0 amide bonds. The molecule has 1 atom stereocenters. The van der Waals surface area contributed by atoms with E-state index in [1.807, 2.05) is 0 Å². The van der Waals surface area contributed by atoms with Crippen LogP contribution in [0.3, 0.4) is 0 Å². The summed E-state index contributed by atoms with van der Waals surface area (Å²) < 4.78 is 4.85. The molecular formula is C6H12N2O4. The number of rotatable bonds is 4. The second-order valence-electron chi connectivity index (χ2n) is 1.91. The molecule has 0 aromatic rings. The van der Waals surface area contributed by atoms with Crippen LogP contribution in [0.4, 0.5) is 0 Å². The number of ether oxygens (including phenoxy) is 1. The van der Waals surface area contributed by atoms with Crippen LogP contribution in [0.1, 0.15) is 13.8 Å². The Morgan fingerprint density at radius 2 is 2.33 bits per heavy atom. The lowest BCUT2D eigenvalue weighted by atomic mass is 10.6. The first-order valence-electron chi connectivity index (χ1n) is 3.39. The summed E-state index contributed by atoms with van der Waals surface area (Å²) in [6, 6.07) is 0. The van der Waals surface area contributed by atoms with Crippen LogP contribution in [0, 0.1) is 0 Å². The van der Waals surface area contributed by atoms with Crippen LogP contribution < -0.4 is 5.73 Å². The van der Waals surface area contributed by atoms with Crippen molar-refractivity contribution in [3.8, 4) is 0 Å². The molecule has 0 saturated carbocycles. The Hall–Kier alpha value is -1.30. The molecule has 0 rings (SSSR count). The molecule has 1 unspecified atom stereocenters. The highest BCUT2D eigenvalue weighted by Crippen LogP contribution is 1.87. The maximum Gasteiger partial charge on any atom is 0.363 e. The Balaban J connectivity index is 3.78. The van der Waals surface area contributed by atoms with Gasteiger partial charge < -0.3 is 14.7 Å². The molecule has 0 heterocycles. The summed E-state index contributed by atoms with van der Waals surface area (Å²) in [5.74, 6) is -1.03. The highest BCUT2D eigenvalue weighted by molar-refractivity contribution is 5.73. The first kappa shape index (κ1) is 10.7. The van der Waals surface area contributed by atoms with Gasteiger partial charge in [0, 0.05) is 6.92 Å². The van der Waals surface area contributed by atoms with Gasteiger partial charge in [-0.3, -0.25) is 5.73 Å². The molecule has 0 bridgehead atoms. The summed E-state index contributed by atoms with van der Waals surface area (Å²) in [4.78, 5) is 14.5. The minimum Gasteiger partial charge on any atom is -0.479 e. The number of nitrogens with zero attached hydrogens (tertiary/aromatic N) is 1. The van der Waals surface area contributed by atoms with Gasteiger partial charge in [0.25, 0.3) is 6.23 Å². The Labute approximate surface area is 69.9 Å². The molecule has 0 saturated heterocycles. The van der Waals surface area contributed by atoms with Gasteiger partial charge >= 0.3 is 5.97 Å². The third-order valence-corrected chi connectivity index (χ3v) is 0.891. The third-order valence-electron chi connectivity index (χ3n) is 0.891. The van der Waals surface area contributed by atoms with Crippen LogP contribution in [0.25, 0.3) is 0 Å². The predicted octanol–water partition coefficient (Wildman–Crippen LogP) is -0.258. The molecule has 0 aromatic heterocycles. The maximum absolute atomic E-state index is 10.1. The van der Waals surface area contributed by atoms with E-state index in [1.54, 1.807) is 6.92 Å². The van der Waals surface area contributed by atoms with E-state index in [0.29, 0.717) is 6.61 Å². The van der Waals surface area contributed by atoms with E-state index >= 15 is 0 Å². The van der Waals surface area contributed by atoms with E-state index < -0.39 is 12.2 Å². The van der Waals surface area contributed by atoms with E-state index in [0.717, 1.165) is 0 Å². The number of hydrogen-bond acceptors (Lipinski definition) is 5. The number of nitrogens with two attached hydrogens (primary N) is 1. The lowest BCUT2D eigenvalue weighted by molar-refractivity contribution is -0.150. The van der Waals surface area contributed by atoms with Gasteiger partial charge in [-0.25, -0.2) is 4.79 Å².